The van der Waals surface area contributed by atoms with Gasteiger partial charge in [0.1, 0.15) is 18.0 Å². The number of nitrogens with zero attached hydrogens (tertiary/aromatic N) is 4. The first kappa shape index (κ1) is 13.6. The molecule has 0 aliphatic carbocycles. The molecule has 0 aromatic carbocycles. The molecule has 110 valence electrons. The zero-order valence-electron chi connectivity index (χ0n) is 12.6. The predicted molar refractivity (Wildman–Crippen MR) is 82.4 cm³/mol. The van der Waals surface area contributed by atoms with Gasteiger partial charge in [0.05, 0.1) is 0 Å². The van der Waals surface area contributed by atoms with Crippen molar-refractivity contribution in [1.29, 1.82) is 0 Å². The van der Waals surface area contributed by atoms with Gasteiger partial charge in [-0.3, -0.25) is 4.90 Å². The molecule has 2 saturated heterocycles. The molecule has 1 aromatic heterocycles. The summed E-state index contributed by atoms with van der Waals surface area (Å²) in [6, 6.07) is 0.717. The number of aromatic nitrogens is 2. The van der Waals surface area contributed by atoms with E-state index in [1.807, 2.05) is 0 Å². The van der Waals surface area contributed by atoms with Crippen molar-refractivity contribution in [1.82, 2.24) is 14.9 Å². The van der Waals surface area contributed by atoms with Crippen LogP contribution in [0.25, 0.3) is 0 Å². The average Bonchev–Trinajstić information content (AvgIpc) is 3.11. The molecular weight excluding hydrogens is 250 g/mol. The van der Waals surface area contributed by atoms with Gasteiger partial charge < -0.3 is 10.2 Å². The van der Waals surface area contributed by atoms with E-state index in [4.69, 9.17) is 0 Å². The standard InChI is InChI=1S/C15H25N5/c1-3-16-14-12(2)15(18-11-17-14)20-9-6-13(10-20)19-7-4-5-8-19/h11,13H,3-10H2,1-2H3,(H,16,17,18). The Bertz CT molecular complexity index is 456. The number of likely N-dealkylation sites (tertiary alicyclic amines) is 1. The Hall–Kier alpha value is -1.36. The van der Waals surface area contributed by atoms with E-state index >= 15 is 0 Å². The second-order valence-electron chi connectivity index (χ2n) is 5.83. The van der Waals surface area contributed by atoms with Crippen molar-refractivity contribution in [3.8, 4) is 0 Å². The van der Waals surface area contributed by atoms with Gasteiger partial charge in [-0.2, -0.15) is 0 Å². The summed E-state index contributed by atoms with van der Waals surface area (Å²) < 4.78 is 0. The zero-order chi connectivity index (χ0) is 13.9. The van der Waals surface area contributed by atoms with E-state index < -0.39 is 0 Å². The molecule has 0 radical (unpaired) electrons. The lowest BCUT2D eigenvalue weighted by Gasteiger charge is -2.25. The van der Waals surface area contributed by atoms with E-state index in [0.29, 0.717) is 0 Å². The molecular formula is C15H25N5. The Morgan fingerprint density at radius 1 is 1.25 bits per heavy atom. The molecule has 2 aliphatic rings. The normalized spacial score (nSPS) is 23.5. The zero-order valence-corrected chi connectivity index (χ0v) is 12.6. The van der Waals surface area contributed by atoms with Crippen molar-refractivity contribution in [2.45, 2.75) is 39.2 Å². The van der Waals surface area contributed by atoms with Gasteiger partial charge in [-0.25, -0.2) is 9.97 Å². The molecule has 3 rings (SSSR count). The number of hydrogen-bond acceptors (Lipinski definition) is 5. The highest BCUT2D eigenvalue weighted by Crippen LogP contribution is 2.28. The van der Waals surface area contributed by atoms with Crippen LogP contribution in [0.2, 0.25) is 0 Å². The summed E-state index contributed by atoms with van der Waals surface area (Å²) in [5.74, 6) is 2.08. The second kappa shape index (κ2) is 5.95. The van der Waals surface area contributed by atoms with Crippen molar-refractivity contribution < 1.29 is 0 Å². The molecule has 0 saturated carbocycles. The SMILES string of the molecule is CCNc1ncnc(N2CCC(N3CCCC3)C2)c1C. The summed E-state index contributed by atoms with van der Waals surface area (Å²) in [5.41, 5.74) is 1.18. The number of rotatable bonds is 4. The average molecular weight is 275 g/mol. The maximum atomic E-state index is 4.52. The lowest BCUT2D eigenvalue weighted by atomic mass is 10.2. The summed E-state index contributed by atoms with van der Waals surface area (Å²) in [6.07, 6.45) is 5.69. The highest BCUT2D eigenvalue weighted by atomic mass is 15.3. The lowest BCUT2D eigenvalue weighted by molar-refractivity contribution is 0.260. The van der Waals surface area contributed by atoms with Crippen LogP contribution in [0.15, 0.2) is 6.33 Å². The smallest absolute Gasteiger partial charge is 0.137 e. The number of hydrogen-bond donors (Lipinski definition) is 1. The van der Waals surface area contributed by atoms with Crippen LogP contribution in [0.3, 0.4) is 0 Å². The summed E-state index contributed by atoms with van der Waals surface area (Å²) in [5, 5.41) is 3.32. The predicted octanol–water partition coefficient (Wildman–Crippen LogP) is 1.89. The molecule has 2 fully saturated rings. The lowest BCUT2D eigenvalue weighted by Crippen LogP contribution is -2.35. The van der Waals surface area contributed by atoms with Crippen molar-refractivity contribution in [3.05, 3.63) is 11.9 Å². The van der Waals surface area contributed by atoms with E-state index in [1.165, 1.54) is 37.9 Å². The van der Waals surface area contributed by atoms with Gasteiger partial charge >= 0.3 is 0 Å². The molecule has 1 unspecified atom stereocenters. The second-order valence-corrected chi connectivity index (χ2v) is 5.83. The molecule has 5 nitrogen and oxygen atoms in total. The van der Waals surface area contributed by atoms with Crippen molar-refractivity contribution in [3.63, 3.8) is 0 Å². The van der Waals surface area contributed by atoms with Gasteiger partial charge in [0.25, 0.3) is 0 Å². The first-order chi connectivity index (χ1) is 9.79. The fourth-order valence-electron chi connectivity index (χ4n) is 3.44. The topological polar surface area (TPSA) is 44.3 Å². The number of nitrogens with one attached hydrogen (secondary N) is 1. The van der Waals surface area contributed by atoms with Crippen LogP contribution in [0.4, 0.5) is 11.6 Å². The van der Waals surface area contributed by atoms with Crippen molar-refractivity contribution in [2.75, 3.05) is 42.9 Å². The van der Waals surface area contributed by atoms with E-state index in [2.05, 4.69) is 38.9 Å². The molecule has 0 spiro atoms. The van der Waals surface area contributed by atoms with Gasteiger partial charge in [-0.15, -0.1) is 0 Å². The van der Waals surface area contributed by atoms with Gasteiger partial charge in [0.15, 0.2) is 0 Å². The van der Waals surface area contributed by atoms with Gasteiger partial charge in [-0.05, 0) is 46.2 Å². The van der Waals surface area contributed by atoms with Crippen LogP contribution in [0, 0.1) is 6.92 Å². The molecule has 1 aromatic rings. The van der Waals surface area contributed by atoms with Crippen LogP contribution in [0.5, 0.6) is 0 Å². The van der Waals surface area contributed by atoms with Crippen LogP contribution >= 0.6 is 0 Å². The summed E-state index contributed by atoms with van der Waals surface area (Å²) in [7, 11) is 0. The van der Waals surface area contributed by atoms with E-state index in [0.717, 1.165) is 37.3 Å². The molecule has 1 N–H and O–H groups in total. The van der Waals surface area contributed by atoms with Crippen LogP contribution < -0.4 is 10.2 Å². The quantitative estimate of drug-likeness (QED) is 0.909. The van der Waals surface area contributed by atoms with Gasteiger partial charge in [0.2, 0.25) is 0 Å². The van der Waals surface area contributed by atoms with Gasteiger partial charge in [0, 0.05) is 31.2 Å². The van der Waals surface area contributed by atoms with Gasteiger partial charge in [-0.1, -0.05) is 0 Å². The summed E-state index contributed by atoms with van der Waals surface area (Å²) in [4.78, 5) is 13.9. The summed E-state index contributed by atoms with van der Waals surface area (Å²) in [6.45, 7) is 9.91. The van der Waals surface area contributed by atoms with Crippen LogP contribution in [-0.2, 0) is 0 Å². The minimum atomic E-state index is 0.717. The highest BCUT2D eigenvalue weighted by Gasteiger charge is 2.30. The fourth-order valence-corrected chi connectivity index (χ4v) is 3.44. The minimum absolute atomic E-state index is 0.717. The van der Waals surface area contributed by atoms with Crippen LogP contribution in [0.1, 0.15) is 31.7 Å². The van der Waals surface area contributed by atoms with Crippen molar-refractivity contribution >= 4 is 11.6 Å². The molecule has 5 heteroatoms. The third kappa shape index (κ3) is 2.59. The highest BCUT2D eigenvalue weighted by molar-refractivity contribution is 5.58. The van der Waals surface area contributed by atoms with Crippen molar-refractivity contribution in [2.24, 2.45) is 0 Å². The Morgan fingerprint density at radius 3 is 2.80 bits per heavy atom. The third-order valence-corrected chi connectivity index (χ3v) is 4.52. The molecule has 2 aliphatic heterocycles. The molecule has 20 heavy (non-hydrogen) atoms. The largest absolute Gasteiger partial charge is 0.370 e. The Balaban J connectivity index is 1.72. The van der Waals surface area contributed by atoms with E-state index in [-0.39, 0.29) is 0 Å². The maximum Gasteiger partial charge on any atom is 0.137 e. The van der Waals surface area contributed by atoms with E-state index in [1.54, 1.807) is 6.33 Å². The third-order valence-electron chi connectivity index (χ3n) is 4.52. The fraction of sp³-hybridized carbons (Fsp3) is 0.733. The monoisotopic (exact) mass is 275 g/mol. The molecule has 1 atom stereocenters. The Morgan fingerprint density at radius 2 is 2.05 bits per heavy atom. The first-order valence-electron chi connectivity index (χ1n) is 7.84. The van der Waals surface area contributed by atoms with Crippen LogP contribution in [-0.4, -0.2) is 53.6 Å². The Kier molecular flexibility index (Phi) is 4.05. The molecule has 0 bridgehead atoms. The molecule has 3 heterocycles. The molecule has 0 amide bonds. The van der Waals surface area contributed by atoms with E-state index in [9.17, 15) is 0 Å². The minimum Gasteiger partial charge on any atom is -0.370 e. The Labute approximate surface area is 121 Å². The summed E-state index contributed by atoms with van der Waals surface area (Å²) >= 11 is 0. The first-order valence-corrected chi connectivity index (χ1v) is 7.84. The number of anilines is 2. The maximum absolute atomic E-state index is 4.52.